The Morgan fingerprint density at radius 1 is 1.27 bits per heavy atom. The van der Waals surface area contributed by atoms with Gasteiger partial charge >= 0.3 is 0 Å². The van der Waals surface area contributed by atoms with Gasteiger partial charge in [0.2, 0.25) is 0 Å². The van der Waals surface area contributed by atoms with Crippen LogP contribution in [-0.4, -0.2) is 29.9 Å². The summed E-state index contributed by atoms with van der Waals surface area (Å²) in [5.41, 5.74) is 2.26. The van der Waals surface area contributed by atoms with E-state index in [4.69, 9.17) is 0 Å². The topological polar surface area (TPSA) is 68.8 Å². The first-order valence-electron chi connectivity index (χ1n) is 4.63. The first-order valence-corrected chi connectivity index (χ1v) is 4.63. The highest BCUT2D eigenvalue weighted by atomic mass is 16.3. The smallest absolute Gasteiger partial charge is 0.139 e. The molecule has 0 saturated heterocycles. The van der Waals surface area contributed by atoms with Crippen molar-refractivity contribution in [3.05, 3.63) is 29.3 Å². The minimum absolute atomic E-state index is 0.651. The molecule has 0 aliphatic carbocycles. The fourth-order valence-electron chi connectivity index (χ4n) is 1.58. The van der Waals surface area contributed by atoms with Crippen molar-refractivity contribution >= 4 is 0 Å². The zero-order chi connectivity index (χ0) is 11.0. The van der Waals surface area contributed by atoms with Crippen LogP contribution in [0.5, 0.6) is 0 Å². The van der Waals surface area contributed by atoms with Gasteiger partial charge in [0.1, 0.15) is 6.10 Å². The average Bonchev–Trinajstić information content (AvgIpc) is 2.71. The van der Waals surface area contributed by atoms with Gasteiger partial charge in [-0.2, -0.15) is 5.10 Å². The van der Waals surface area contributed by atoms with E-state index in [1.165, 1.54) is 0 Å². The zero-order valence-corrected chi connectivity index (χ0v) is 8.92. The molecule has 1 unspecified atom stereocenters. The van der Waals surface area contributed by atoms with Crippen molar-refractivity contribution in [3.63, 3.8) is 0 Å². The van der Waals surface area contributed by atoms with Crippen LogP contribution in [0, 0.1) is 6.92 Å². The summed E-state index contributed by atoms with van der Waals surface area (Å²) < 4.78 is 3.21. The lowest BCUT2D eigenvalue weighted by Crippen LogP contribution is -2.10. The number of hydrogen-bond acceptors (Lipinski definition) is 4. The van der Waals surface area contributed by atoms with Gasteiger partial charge in [-0.3, -0.25) is 4.68 Å². The van der Waals surface area contributed by atoms with Crippen LogP contribution >= 0.6 is 0 Å². The van der Waals surface area contributed by atoms with Gasteiger partial charge in [0.15, 0.2) is 0 Å². The van der Waals surface area contributed by atoms with Crippen LogP contribution in [0.2, 0.25) is 0 Å². The number of aliphatic hydroxyl groups excluding tert-OH is 1. The molecule has 2 rings (SSSR count). The van der Waals surface area contributed by atoms with Crippen LogP contribution in [0.15, 0.2) is 12.3 Å². The average molecular weight is 207 g/mol. The molecule has 6 nitrogen and oxygen atoms in total. The van der Waals surface area contributed by atoms with E-state index in [1.54, 1.807) is 29.7 Å². The van der Waals surface area contributed by atoms with Crippen molar-refractivity contribution in [1.82, 2.24) is 24.8 Å². The normalized spacial score (nSPS) is 13.1. The van der Waals surface area contributed by atoms with Gasteiger partial charge in [0, 0.05) is 14.1 Å². The molecule has 0 fully saturated rings. The molecule has 0 aromatic carbocycles. The van der Waals surface area contributed by atoms with Crippen molar-refractivity contribution in [2.45, 2.75) is 13.0 Å². The minimum Gasteiger partial charge on any atom is -0.380 e. The second kappa shape index (κ2) is 3.47. The summed E-state index contributed by atoms with van der Waals surface area (Å²) in [6.07, 6.45) is 0.809. The monoisotopic (exact) mass is 207 g/mol. The maximum absolute atomic E-state index is 10.1. The van der Waals surface area contributed by atoms with E-state index in [2.05, 4.69) is 15.4 Å². The lowest BCUT2D eigenvalue weighted by molar-refractivity contribution is 0.199. The van der Waals surface area contributed by atoms with Crippen molar-refractivity contribution < 1.29 is 5.11 Å². The van der Waals surface area contributed by atoms with Gasteiger partial charge in [-0.05, 0) is 13.0 Å². The Morgan fingerprint density at radius 2 is 2.00 bits per heavy atom. The highest BCUT2D eigenvalue weighted by molar-refractivity contribution is 5.19. The number of rotatable bonds is 2. The number of hydrogen-bond donors (Lipinski definition) is 1. The molecule has 0 bridgehead atoms. The Balaban J connectivity index is 2.40. The molecular weight excluding hydrogens is 194 g/mol. The molecule has 0 radical (unpaired) electrons. The molecule has 1 N–H and O–H groups in total. The molecule has 1 atom stereocenters. The van der Waals surface area contributed by atoms with Crippen molar-refractivity contribution in [1.29, 1.82) is 0 Å². The maximum Gasteiger partial charge on any atom is 0.139 e. The van der Waals surface area contributed by atoms with E-state index in [0.29, 0.717) is 5.69 Å². The summed E-state index contributed by atoms with van der Waals surface area (Å²) in [7, 11) is 3.55. The van der Waals surface area contributed by atoms with E-state index < -0.39 is 6.10 Å². The van der Waals surface area contributed by atoms with Crippen LogP contribution in [-0.2, 0) is 14.1 Å². The summed E-state index contributed by atoms with van der Waals surface area (Å²) >= 11 is 0. The first-order chi connectivity index (χ1) is 7.09. The lowest BCUT2D eigenvalue weighted by atomic mass is 10.2. The number of aryl methyl sites for hydroxylation is 3. The summed E-state index contributed by atoms with van der Waals surface area (Å²) in [5.74, 6) is 0. The van der Waals surface area contributed by atoms with Gasteiger partial charge in [0.05, 0.1) is 23.3 Å². The van der Waals surface area contributed by atoms with E-state index in [-0.39, 0.29) is 0 Å². The number of aromatic nitrogens is 5. The molecule has 0 aliphatic rings. The molecule has 0 amide bonds. The fourth-order valence-corrected chi connectivity index (χ4v) is 1.58. The minimum atomic E-state index is -0.740. The first kappa shape index (κ1) is 9.85. The molecule has 2 heterocycles. The summed E-state index contributed by atoms with van der Waals surface area (Å²) in [5, 5.41) is 21.8. The summed E-state index contributed by atoms with van der Waals surface area (Å²) in [6.45, 7) is 1.89. The Morgan fingerprint density at radius 3 is 2.47 bits per heavy atom. The molecule has 6 heteroatoms. The molecule has 2 aromatic rings. The molecule has 0 spiro atoms. The largest absolute Gasteiger partial charge is 0.380 e. The SMILES string of the molecule is Cc1cc(C(O)c2cnnn2C)n(C)n1. The zero-order valence-electron chi connectivity index (χ0n) is 8.92. The Kier molecular flexibility index (Phi) is 2.28. The second-order valence-electron chi connectivity index (χ2n) is 3.52. The highest BCUT2D eigenvalue weighted by Crippen LogP contribution is 2.20. The van der Waals surface area contributed by atoms with Crippen molar-refractivity contribution in [3.8, 4) is 0 Å². The van der Waals surface area contributed by atoms with Gasteiger partial charge < -0.3 is 5.11 Å². The van der Waals surface area contributed by atoms with Crippen LogP contribution in [0.1, 0.15) is 23.2 Å². The maximum atomic E-state index is 10.1. The standard InChI is InChI=1S/C9H13N5O/c1-6-4-7(13(2)11-6)9(15)8-5-10-12-14(8)3/h4-5,9,15H,1-3H3. The third-order valence-corrected chi connectivity index (χ3v) is 2.35. The molecular formula is C9H13N5O. The Hall–Kier alpha value is -1.69. The predicted molar refractivity (Wildman–Crippen MR) is 53.0 cm³/mol. The third-order valence-electron chi connectivity index (χ3n) is 2.35. The quantitative estimate of drug-likeness (QED) is 0.749. The van der Waals surface area contributed by atoms with Crippen LogP contribution in [0.3, 0.4) is 0 Å². The van der Waals surface area contributed by atoms with E-state index in [0.717, 1.165) is 11.4 Å². The summed E-state index contributed by atoms with van der Waals surface area (Å²) in [4.78, 5) is 0. The van der Waals surface area contributed by atoms with E-state index >= 15 is 0 Å². The predicted octanol–water partition coefficient (Wildman–Crippen LogP) is -0.0613. The Labute approximate surface area is 87.1 Å². The second-order valence-corrected chi connectivity index (χ2v) is 3.52. The van der Waals surface area contributed by atoms with E-state index in [1.807, 2.05) is 13.0 Å². The lowest BCUT2D eigenvalue weighted by Gasteiger charge is -2.09. The van der Waals surface area contributed by atoms with Gasteiger partial charge in [-0.15, -0.1) is 5.10 Å². The van der Waals surface area contributed by atoms with Crippen molar-refractivity contribution in [2.75, 3.05) is 0 Å². The molecule has 0 saturated carbocycles. The van der Waals surface area contributed by atoms with E-state index in [9.17, 15) is 5.11 Å². The van der Waals surface area contributed by atoms with Gasteiger partial charge in [-0.25, -0.2) is 4.68 Å². The highest BCUT2D eigenvalue weighted by Gasteiger charge is 2.18. The van der Waals surface area contributed by atoms with Gasteiger partial charge in [0.25, 0.3) is 0 Å². The molecule has 80 valence electrons. The van der Waals surface area contributed by atoms with Gasteiger partial charge in [-0.1, -0.05) is 5.21 Å². The third kappa shape index (κ3) is 1.63. The summed E-state index contributed by atoms with van der Waals surface area (Å²) in [6, 6.07) is 1.84. The fraction of sp³-hybridized carbons (Fsp3) is 0.444. The van der Waals surface area contributed by atoms with Crippen LogP contribution in [0.4, 0.5) is 0 Å². The Bertz CT molecular complexity index is 473. The van der Waals surface area contributed by atoms with Crippen LogP contribution in [0.25, 0.3) is 0 Å². The number of aliphatic hydroxyl groups is 1. The van der Waals surface area contributed by atoms with Crippen LogP contribution < -0.4 is 0 Å². The molecule has 15 heavy (non-hydrogen) atoms. The van der Waals surface area contributed by atoms with Crippen molar-refractivity contribution in [2.24, 2.45) is 14.1 Å². The molecule has 0 aliphatic heterocycles. The number of nitrogens with zero attached hydrogens (tertiary/aromatic N) is 5. The molecule has 2 aromatic heterocycles.